The van der Waals surface area contributed by atoms with Crippen LogP contribution in [0, 0.1) is 6.92 Å². The maximum Gasteiger partial charge on any atom is 0.0649 e. The normalized spacial score (nSPS) is 21.7. The molecule has 2 aromatic carbocycles. The van der Waals surface area contributed by atoms with Gasteiger partial charge >= 0.3 is 0 Å². The van der Waals surface area contributed by atoms with Crippen LogP contribution >= 0.6 is 0 Å². The second-order valence-corrected chi connectivity index (χ2v) is 4.80. The summed E-state index contributed by atoms with van der Waals surface area (Å²) in [5, 5.41) is 0. The van der Waals surface area contributed by atoms with Crippen LogP contribution in [0.3, 0.4) is 0 Å². The van der Waals surface area contributed by atoms with Crippen molar-refractivity contribution in [3.63, 3.8) is 0 Å². The molecule has 1 heteroatoms. The fourth-order valence-electron chi connectivity index (χ4n) is 2.64. The summed E-state index contributed by atoms with van der Waals surface area (Å²) in [7, 11) is 0. The van der Waals surface area contributed by atoms with Crippen LogP contribution in [0.4, 0.5) is 0 Å². The van der Waals surface area contributed by atoms with Crippen molar-refractivity contribution in [2.45, 2.75) is 19.4 Å². The van der Waals surface area contributed by atoms with E-state index in [9.17, 15) is 0 Å². The summed E-state index contributed by atoms with van der Waals surface area (Å²) < 4.78 is 0. The first kappa shape index (κ1) is 9.61. The highest BCUT2D eigenvalue weighted by atomic mass is 14.7. The number of nitrogens with two attached hydrogens (primary N) is 1. The van der Waals surface area contributed by atoms with Gasteiger partial charge in [0.15, 0.2) is 0 Å². The van der Waals surface area contributed by atoms with Gasteiger partial charge in [-0.05, 0) is 36.1 Å². The van der Waals surface area contributed by atoms with Crippen molar-refractivity contribution in [2.24, 2.45) is 5.73 Å². The number of hydrogen-bond donors (Lipinski definition) is 1. The summed E-state index contributed by atoms with van der Waals surface area (Å²) in [5.74, 6) is 0. The molecule has 0 fully saturated rings. The molecule has 16 heavy (non-hydrogen) atoms. The third kappa shape index (κ3) is 1.09. The van der Waals surface area contributed by atoms with Gasteiger partial charge in [-0.15, -0.1) is 0 Å². The highest BCUT2D eigenvalue weighted by molar-refractivity contribution is 5.80. The van der Waals surface area contributed by atoms with Crippen LogP contribution in [0.25, 0.3) is 11.1 Å². The largest absolute Gasteiger partial charge is 0.318 e. The lowest BCUT2D eigenvalue weighted by Gasteiger charge is -2.21. The monoisotopic (exact) mass is 209 g/mol. The highest BCUT2D eigenvalue weighted by Gasteiger charge is 2.35. The first-order valence-corrected chi connectivity index (χ1v) is 5.60. The summed E-state index contributed by atoms with van der Waals surface area (Å²) in [4.78, 5) is 0. The van der Waals surface area contributed by atoms with E-state index in [1.807, 2.05) is 0 Å². The molecule has 0 saturated heterocycles. The van der Waals surface area contributed by atoms with E-state index in [1.165, 1.54) is 27.8 Å². The van der Waals surface area contributed by atoms with Crippen molar-refractivity contribution in [2.75, 3.05) is 0 Å². The van der Waals surface area contributed by atoms with Crippen molar-refractivity contribution in [1.29, 1.82) is 0 Å². The molecule has 0 spiro atoms. The number of aryl methyl sites for hydroxylation is 1. The molecule has 0 bridgehead atoms. The zero-order valence-corrected chi connectivity index (χ0v) is 9.62. The van der Waals surface area contributed by atoms with Gasteiger partial charge in [0.05, 0.1) is 5.54 Å². The Morgan fingerprint density at radius 2 is 1.62 bits per heavy atom. The van der Waals surface area contributed by atoms with Gasteiger partial charge in [0, 0.05) is 0 Å². The first-order valence-electron chi connectivity index (χ1n) is 5.60. The molecular formula is C15H15N. The Labute approximate surface area is 95.9 Å². The van der Waals surface area contributed by atoms with Crippen LogP contribution in [0.5, 0.6) is 0 Å². The SMILES string of the molecule is Cc1ccc2c(c1)C(C)(N)c1ccccc1-2. The molecule has 0 saturated carbocycles. The zero-order chi connectivity index (χ0) is 11.3. The minimum Gasteiger partial charge on any atom is -0.318 e. The number of rotatable bonds is 0. The van der Waals surface area contributed by atoms with Crippen molar-refractivity contribution in [1.82, 2.24) is 0 Å². The molecule has 1 aliphatic carbocycles. The highest BCUT2D eigenvalue weighted by Crippen LogP contribution is 2.45. The maximum absolute atomic E-state index is 6.47. The van der Waals surface area contributed by atoms with Crippen molar-refractivity contribution < 1.29 is 0 Å². The molecule has 0 amide bonds. The lowest BCUT2D eigenvalue weighted by atomic mass is 9.90. The molecule has 3 rings (SSSR count). The Morgan fingerprint density at radius 3 is 2.44 bits per heavy atom. The molecule has 0 heterocycles. The number of fused-ring (bicyclic) bond motifs is 3. The van der Waals surface area contributed by atoms with Gasteiger partial charge in [0.25, 0.3) is 0 Å². The van der Waals surface area contributed by atoms with Gasteiger partial charge < -0.3 is 5.73 Å². The summed E-state index contributed by atoms with van der Waals surface area (Å²) in [6, 6.07) is 15.0. The topological polar surface area (TPSA) is 26.0 Å². The molecule has 0 radical (unpaired) electrons. The van der Waals surface area contributed by atoms with Crippen LogP contribution in [0.15, 0.2) is 42.5 Å². The smallest absolute Gasteiger partial charge is 0.0649 e. The van der Waals surface area contributed by atoms with E-state index in [-0.39, 0.29) is 5.54 Å². The predicted octanol–water partition coefficient (Wildman–Crippen LogP) is 3.20. The minimum atomic E-state index is -0.349. The molecule has 0 aliphatic heterocycles. The first-order chi connectivity index (χ1) is 7.60. The second-order valence-electron chi connectivity index (χ2n) is 4.80. The third-order valence-electron chi connectivity index (χ3n) is 3.51. The van der Waals surface area contributed by atoms with E-state index in [2.05, 4.69) is 56.3 Å². The molecule has 1 aliphatic rings. The van der Waals surface area contributed by atoms with Crippen LogP contribution in [0.2, 0.25) is 0 Å². The molecule has 1 nitrogen and oxygen atoms in total. The van der Waals surface area contributed by atoms with Crippen LogP contribution in [-0.2, 0) is 5.54 Å². The molecule has 0 aromatic heterocycles. The lowest BCUT2D eigenvalue weighted by molar-refractivity contribution is 0.620. The van der Waals surface area contributed by atoms with Gasteiger partial charge in [0.1, 0.15) is 0 Å². The lowest BCUT2D eigenvalue weighted by Crippen LogP contribution is -2.31. The average Bonchev–Trinajstić information content (AvgIpc) is 2.49. The fourth-order valence-corrected chi connectivity index (χ4v) is 2.64. The van der Waals surface area contributed by atoms with E-state index in [4.69, 9.17) is 5.73 Å². The molecule has 1 unspecified atom stereocenters. The summed E-state index contributed by atoms with van der Waals surface area (Å²) in [6.07, 6.45) is 0. The van der Waals surface area contributed by atoms with E-state index in [0.29, 0.717) is 0 Å². The van der Waals surface area contributed by atoms with E-state index in [1.54, 1.807) is 0 Å². The quantitative estimate of drug-likeness (QED) is 0.708. The minimum absolute atomic E-state index is 0.349. The Morgan fingerprint density at radius 1 is 0.938 bits per heavy atom. The van der Waals surface area contributed by atoms with E-state index < -0.39 is 0 Å². The van der Waals surface area contributed by atoms with Crippen molar-refractivity contribution in [3.8, 4) is 11.1 Å². The Hall–Kier alpha value is -1.60. The summed E-state index contributed by atoms with van der Waals surface area (Å²) in [6.45, 7) is 4.20. The number of benzene rings is 2. The van der Waals surface area contributed by atoms with Gasteiger partial charge in [0.2, 0.25) is 0 Å². The summed E-state index contributed by atoms with van der Waals surface area (Å²) >= 11 is 0. The predicted molar refractivity (Wildman–Crippen MR) is 67.3 cm³/mol. The van der Waals surface area contributed by atoms with Gasteiger partial charge in [-0.25, -0.2) is 0 Å². The molecular weight excluding hydrogens is 194 g/mol. The zero-order valence-electron chi connectivity index (χ0n) is 9.62. The third-order valence-corrected chi connectivity index (χ3v) is 3.51. The molecule has 80 valence electrons. The molecule has 2 aromatic rings. The van der Waals surface area contributed by atoms with Gasteiger partial charge in [-0.2, -0.15) is 0 Å². The van der Waals surface area contributed by atoms with E-state index >= 15 is 0 Å². The second kappa shape index (κ2) is 2.96. The number of hydrogen-bond acceptors (Lipinski definition) is 1. The van der Waals surface area contributed by atoms with Crippen LogP contribution in [0.1, 0.15) is 23.6 Å². The van der Waals surface area contributed by atoms with Crippen molar-refractivity contribution >= 4 is 0 Å². The Bertz CT molecular complexity index is 567. The fraction of sp³-hybridized carbons (Fsp3) is 0.200. The Kier molecular flexibility index (Phi) is 1.78. The van der Waals surface area contributed by atoms with Crippen LogP contribution < -0.4 is 5.73 Å². The molecule has 1 atom stereocenters. The Balaban J connectivity index is 2.39. The average molecular weight is 209 g/mol. The van der Waals surface area contributed by atoms with Gasteiger partial charge in [-0.1, -0.05) is 48.0 Å². The standard InChI is InChI=1S/C15H15N/c1-10-7-8-12-11-5-3-4-6-13(11)15(2,16)14(12)9-10/h3-9H,16H2,1-2H3. The van der Waals surface area contributed by atoms with Crippen molar-refractivity contribution in [3.05, 3.63) is 59.2 Å². The summed E-state index contributed by atoms with van der Waals surface area (Å²) in [5.41, 5.74) is 12.4. The maximum atomic E-state index is 6.47. The molecule has 2 N–H and O–H groups in total. The van der Waals surface area contributed by atoms with Gasteiger partial charge in [-0.3, -0.25) is 0 Å². The van der Waals surface area contributed by atoms with Crippen LogP contribution in [-0.4, -0.2) is 0 Å². The van der Waals surface area contributed by atoms with E-state index in [0.717, 1.165) is 0 Å².